The van der Waals surface area contributed by atoms with Gasteiger partial charge in [-0.25, -0.2) is 18.1 Å². The maximum atomic E-state index is 12.0. The number of nitrogens with two attached hydrogens (primary N) is 1. The van der Waals surface area contributed by atoms with Gasteiger partial charge in [-0.1, -0.05) is 11.6 Å². The van der Waals surface area contributed by atoms with Crippen molar-refractivity contribution in [1.29, 1.82) is 0 Å². The van der Waals surface area contributed by atoms with Crippen LogP contribution in [-0.2, 0) is 10.0 Å². The Morgan fingerprint density at radius 2 is 2.21 bits per heavy atom. The summed E-state index contributed by atoms with van der Waals surface area (Å²) in [6.45, 7) is 0.405. The van der Waals surface area contributed by atoms with Gasteiger partial charge >= 0.3 is 0 Å². The number of rotatable bonds is 5. The van der Waals surface area contributed by atoms with Crippen molar-refractivity contribution in [2.45, 2.75) is 37.0 Å². The second-order valence-corrected chi connectivity index (χ2v) is 6.38. The molecular formula is C13H19N3O2S. The number of nitrogens with zero attached hydrogens (tertiary/aromatic N) is 1. The van der Waals surface area contributed by atoms with Crippen molar-refractivity contribution >= 4 is 15.8 Å². The summed E-state index contributed by atoms with van der Waals surface area (Å²) in [7, 11) is -3.56. The summed E-state index contributed by atoms with van der Waals surface area (Å²) in [5, 5.41) is 0. The molecule has 5 nitrogen and oxygen atoms in total. The van der Waals surface area contributed by atoms with E-state index >= 15 is 0 Å². The monoisotopic (exact) mass is 281 g/mol. The van der Waals surface area contributed by atoms with Crippen LogP contribution in [0.15, 0.2) is 34.9 Å². The van der Waals surface area contributed by atoms with E-state index in [-0.39, 0.29) is 10.7 Å². The first-order valence-corrected chi connectivity index (χ1v) is 7.96. The minimum Gasteiger partial charge on any atom is -0.383 e. The van der Waals surface area contributed by atoms with Gasteiger partial charge in [0, 0.05) is 12.7 Å². The topological polar surface area (TPSA) is 85.1 Å². The molecule has 0 saturated heterocycles. The average Bonchev–Trinajstić information content (AvgIpc) is 2.40. The Bertz CT molecular complexity index is 567. The molecule has 104 valence electrons. The van der Waals surface area contributed by atoms with Gasteiger partial charge in [0.25, 0.3) is 0 Å². The summed E-state index contributed by atoms with van der Waals surface area (Å²) in [5.74, 6) is 0.0341. The molecule has 0 amide bonds. The number of anilines is 1. The molecule has 3 N–H and O–H groups in total. The minimum atomic E-state index is -3.56. The van der Waals surface area contributed by atoms with E-state index in [2.05, 4.69) is 15.8 Å². The molecule has 2 rings (SSSR count). The summed E-state index contributed by atoms with van der Waals surface area (Å²) in [4.78, 5) is 3.84. The van der Waals surface area contributed by atoms with Gasteiger partial charge in [-0.2, -0.15) is 0 Å². The molecule has 0 radical (unpaired) electrons. The van der Waals surface area contributed by atoms with Crippen molar-refractivity contribution in [2.24, 2.45) is 0 Å². The second-order valence-electron chi connectivity index (χ2n) is 4.64. The summed E-state index contributed by atoms with van der Waals surface area (Å²) < 4.78 is 26.7. The number of allylic oxidation sites excluding steroid dienone is 1. The van der Waals surface area contributed by atoms with Crippen LogP contribution in [0.5, 0.6) is 0 Å². The molecule has 1 aliphatic rings. The third-order valence-electron chi connectivity index (χ3n) is 3.21. The minimum absolute atomic E-state index is 0.0341. The number of hydrogen-bond acceptors (Lipinski definition) is 4. The zero-order valence-corrected chi connectivity index (χ0v) is 11.6. The lowest BCUT2D eigenvalue weighted by Gasteiger charge is -2.13. The molecule has 0 fully saturated rings. The van der Waals surface area contributed by atoms with Crippen molar-refractivity contribution in [3.05, 3.63) is 30.0 Å². The number of pyridine rings is 1. The zero-order valence-electron chi connectivity index (χ0n) is 10.8. The van der Waals surface area contributed by atoms with Crippen LogP contribution in [0.1, 0.15) is 32.1 Å². The fourth-order valence-electron chi connectivity index (χ4n) is 2.19. The number of nitrogens with one attached hydrogen (secondary N) is 1. The molecular weight excluding hydrogens is 262 g/mol. The molecule has 1 aromatic heterocycles. The molecule has 0 unspecified atom stereocenters. The normalized spacial score (nSPS) is 16.1. The maximum absolute atomic E-state index is 12.0. The van der Waals surface area contributed by atoms with Crippen molar-refractivity contribution in [3.63, 3.8) is 0 Å². The zero-order chi connectivity index (χ0) is 13.7. The molecule has 0 aliphatic heterocycles. The first-order chi connectivity index (χ1) is 9.09. The lowest BCUT2D eigenvalue weighted by atomic mass is 9.97. The van der Waals surface area contributed by atoms with E-state index in [0.717, 1.165) is 19.3 Å². The molecule has 6 heteroatoms. The molecule has 0 spiro atoms. The van der Waals surface area contributed by atoms with Gasteiger partial charge in [0.1, 0.15) is 10.7 Å². The van der Waals surface area contributed by atoms with Crippen molar-refractivity contribution in [1.82, 2.24) is 9.71 Å². The Balaban J connectivity index is 1.95. The van der Waals surface area contributed by atoms with Crippen molar-refractivity contribution in [3.8, 4) is 0 Å². The van der Waals surface area contributed by atoms with Crippen LogP contribution in [-0.4, -0.2) is 19.9 Å². The smallest absolute Gasteiger partial charge is 0.244 e. The van der Waals surface area contributed by atoms with E-state index in [1.807, 2.05) is 0 Å². The average molecular weight is 281 g/mol. The Kier molecular flexibility index (Phi) is 4.55. The quantitative estimate of drug-likeness (QED) is 0.806. The first kappa shape index (κ1) is 14.0. The molecule has 19 heavy (non-hydrogen) atoms. The number of hydrogen-bond donors (Lipinski definition) is 2. The van der Waals surface area contributed by atoms with Gasteiger partial charge in [-0.3, -0.25) is 0 Å². The number of sulfonamides is 1. The van der Waals surface area contributed by atoms with Crippen molar-refractivity contribution in [2.75, 3.05) is 12.3 Å². The van der Waals surface area contributed by atoms with E-state index in [1.54, 1.807) is 6.07 Å². The highest BCUT2D eigenvalue weighted by molar-refractivity contribution is 7.89. The van der Waals surface area contributed by atoms with Crippen molar-refractivity contribution < 1.29 is 8.42 Å². The molecule has 0 aromatic carbocycles. The van der Waals surface area contributed by atoms with Crippen LogP contribution < -0.4 is 10.5 Å². The van der Waals surface area contributed by atoms with Gasteiger partial charge in [0.15, 0.2) is 0 Å². The second kappa shape index (κ2) is 6.16. The third-order valence-corrected chi connectivity index (χ3v) is 4.72. The number of nitrogen functional groups attached to an aromatic ring is 1. The fraction of sp³-hybridized carbons (Fsp3) is 0.462. The highest BCUT2D eigenvalue weighted by Gasteiger charge is 2.17. The molecule has 0 saturated carbocycles. The molecule has 0 bridgehead atoms. The van der Waals surface area contributed by atoms with E-state index in [4.69, 9.17) is 5.73 Å². The van der Waals surface area contributed by atoms with Crippen LogP contribution in [0.2, 0.25) is 0 Å². The van der Waals surface area contributed by atoms with Gasteiger partial charge in [0.05, 0.1) is 0 Å². The summed E-state index contributed by atoms with van der Waals surface area (Å²) in [6.07, 6.45) is 9.08. The first-order valence-electron chi connectivity index (χ1n) is 6.47. The molecule has 1 aromatic rings. The summed E-state index contributed by atoms with van der Waals surface area (Å²) in [5.41, 5.74) is 6.92. The fourth-order valence-corrected chi connectivity index (χ4v) is 3.30. The van der Waals surface area contributed by atoms with E-state index < -0.39 is 10.0 Å². The van der Waals surface area contributed by atoms with E-state index in [0.29, 0.717) is 6.54 Å². The molecule has 0 atom stereocenters. The van der Waals surface area contributed by atoms with Crippen LogP contribution in [0, 0.1) is 0 Å². The Morgan fingerprint density at radius 1 is 1.37 bits per heavy atom. The van der Waals surface area contributed by atoms with Gasteiger partial charge in [-0.05, 0) is 44.2 Å². The molecule has 1 aliphatic carbocycles. The predicted octanol–water partition coefficient (Wildman–Crippen LogP) is 1.83. The predicted molar refractivity (Wildman–Crippen MR) is 75.0 cm³/mol. The van der Waals surface area contributed by atoms with E-state index in [9.17, 15) is 8.42 Å². The van der Waals surface area contributed by atoms with Crippen LogP contribution in [0.3, 0.4) is 0 Å². The van der Waals surface area contributed by atoms with Crippen LogP contribution >= 0.6 is 0 Å². The Hall–Kier alpha value is -1.40. The highest BCUT2D eigenvalue weighted by atomic mass is 32.2. The SMILES string of the molecule is Nc1ncccc1S(=O)(=O)NCCC1=CCCCC1. The van der Waals surface area contributed by atoms with Gasteiger partial charge in [0.2, 0.25) is 10.0 Å². The Morgan fingerprint density at radius 3 is 2.89 bits per heavy atom. The van der Waals surface area contributed by atoms with Crippen LogP contribution in [0.4, 0.5) is 5.82 Å². The highest BCUT2D eigenvalue weighted by Crippen LogP contribution is 2.20. The largest absolute Gasteiger partial charge is 0.383 e. The lowest BCUT2D eigenvalue weighted by Crippen LogP contribution is -2.26. The standard InChI is InChI=1S/C13H19N3O2S/c14-13-12(7-4-9-15-13)19(17,18)16-10-8-11-5-2-1-3-6-11/h4-5,7,9,16H,1-3,6,8,10H2,(H2,14,15). The van der Waals surface area contributed by atoms with Gasteiger partial charge < -0.3 is 5.73 Å². The van der Waals surface area contributed by atoms with Crippen LogP contribution in [0.25, 0.3) is 0 Å². The van der Waals surface area contributed by atoms with E-state index in [1.165, 1.54) is 30.7 Å². The number of aromatic nitrogens is 1. The van der Waals surface area contributed by atoms with Gasteiger partial charge in [-0.15, -0.1) is 0 Å². The lowest BCUT2D eigenvalue weighted by molar-refractivity contribution is 0.579. The summed E-state index contributed by atoms with van der Waals surface area (Å²) in [6, 6.07) is 3.03. The molecule has 1 heterocycles. The third kappa shape index (κ3) is 3.78. The summed E-state index contributed by atoms with van der Waals surface area (Å²) >= 11 is 0. The Labute approximate surface area is 114 Å². The maximum Gasteiger partial charge on any atom is 0.244 e.